The predicted octanol–water partition coefficient (Wildman–Crippen LogP) is 1.89. The van der Waals surface area contributed by atoms with Gasteiger partial charge in [0.15, 0.2) is 0 Å². The number of aliphatic hydroxyl groups is 1. The number of carboxylic acid groups (broad SMARTS) is 1. The molecule has 2 fully saturated rings. The molecule has 0 radical (unpaired) electrons. The minimum atomic E-state index is -1.22. The number of fused-ring (bicyclic) bond motifs is 3. The third-order valence-electron chi connectivity index (χ3n) is 6.97. The van der Waals surface area contributed by atoms with Crippen LogP contribution in [0.4, 0.5) is 13.6 Å². The third-order valence-corrected chi connectivity index (χ3v) is 6.97. The number of likely N-dealkylation sites (tertiary alicyclic amines) is 1. The zero-order valence-corrected chi connectivity index (χ0v) is 17.5. The van der Waals surface area contributed by atoms with Crippen LogP contribution in [0.25, 0.3) is 0 Å². The number of ether oxygens (including phenoxy) is 1. The standard InChI is InChI=1S/C22H26F2N4O4/c23-13-1-2-18(24)15(6-13)21-20(25-22(30)31)7-14(11-32-21)27-8-12-5-19-17(16(12)9-27)10-28(26-19)3-4-29/h1-2,6,10,12,14,16,20-21,25,29H,3-5,7-9,11H2,(H,30,31)/t12?,14-,16?,20+,21-/m1/s1. The summed E-state index contributed by atoms with van der Waals surface area (Å²) in [5, 5.41) is 25.5. The molecule has 3 heterocycles. The second-order valence-electron chi connectivity index (χ2n) is 8.91. The molecule has 3 N–H and O–H groups in total. The quantitative estimate of drug-likeness (QED) is 0.646. The van der Waals surface area contributed by atoms with Gasteiger partial charge >= 0.3 is 6.09 Å². The van der Waals surface area contributed by atoms with E-state index in [4.69, 9.17) is 9.84 Å². The molecule has 10 heteroatoms. The second-order valence-corrected chi connectivity index (χ2v) is 8.91. The number of aliphatic hydroxyl groups excluding tert-OH is 1. The lowest BCUT2D eigenvalue weighted by molar-refractivity contribution is -0.0550. The van der Waals surface area contributed by atoms with Gasteiger partial charge in [-0.3, -0.25) is 9.58 Å². The fourth-order valence-electron chi connectivity index (χ4n) is 5.57. The summed E-state index contributed by atoms with van der Waals surface area (Å²) in [5.41, 5.74) is 2.35. The van der Waals surface area contributed by atoms with Crippen LogP contribution in [0, 0.1) is 17.6 Å². The van der Waals surface area contributed by atoms with Crippen molar-refractivity contribution in [1.82, 2.24) is 20.0 Å². The molecule has 32 heavy (non-hydrogen) atoms. The van der Waals surface area contributed by atoms with Gasteiger partial charge in [0, 0.05) is 36.8 Å². The fourth-order valence-corrected chi connectivity index (χ4v) is 5.57. The minimum absolute atomic E-state index is 0.0266. The Balaban J connectivity index is 1.31. The molecular weight excluding hydrogens is 422 g/mol. The zero-order chi connectivity index (χ0) is 22.4. The van der Waals surface area contributed by atoms with Gasteiger partial charge < -0.3 is 20.3 Å². The molecule has 0 bridgehead atoms. The van der Waals surface area contributed by atoms with Crippen molar-refractivity contribution in [3.05, 3.63) is 52.9 Å². The smallest absolute Gasteiger partial charge is 0.404 e. The van der Waals surface area contributed by atoms with E-state index in [0.717, 1.165) is 43.4 Å². The maximum absolute atomic E-state index is 14.4. The molecule has 1 aromatic carbocycles. The highest BCUT2D eigenvalue weighted by atomic mass is 19.1. The van der Waals surface area contributed by atoms with Gasteiger partial charge in [0.2, 0.25) is 0 Å². The normalized spacial score (nSPS) is 29.7. The number of halogens is 2. The highest BCUT2D eigenvalue weighted by Crippen LogP contribution is 2.44. The average Bonchev–Trinajstić information content (AvgIpc) is 3.40. The Morgan fingerprint density at radius 3 is 2.91 bits per heavy atom. The summed E-state index contributed by atoms with van der Waals surface area (Å²) in [6.45, 7) is 2.51. The molecule has 0 spiro atoms. The molecule has 8 nitrogen and oxygen atoms in total. The molecule has 2 unspecified atom stereocenters. The molecule has 1 aromatic heterocycles. The Morgan fingerprint density at radius 2 is 2.12 bits per heavy atom. The van der Waals surface area contributed by atoms with Crippen LogP contribution in [0.1, 0.15) is 35.3 Å². The molecule has 172 valence electrons. The van der Waals surface area contributed by atoms with E-state index in [0.29, 0.717) is 31.4 Å². The van der Waals surface area contributed by atoms with Gasteiger partial charge in [-0.1, -0.05) is 0 Å². The highest BCUT2D eigenvalue weighted by molar-refractivity contribution is 5.65. The monoisotopic (exact) mass is 448 g/mol. The molecular formula is C22H26F2N4O4. The van der Waals surface area contributed by atoms with Crippen LogP contribution in [0.2, 0.25) is 0 Å². The molecule has 2 saturated heterocycles. The summed E-state index contributed by atoms with van der Waals surface area (Å²) in [6.07, 6.45) is 1.25. The molecule has 2 aromatic rings. The first-order chi connectivity index (χ1) is 15.4. The lowest BCUT2D eigenvalue weighted by Crippen LogP contribution is -2.51. The molecule has 3 aliphatic rings. The van der Waals surface area contributed by atoms with E-state index in [1.807, 2.05) is 6.20 Å². The van der Waals surface area contributed by atoms with Gasteiger partial charge in [-0.25, -0.2) is 13.6 Å². The summed E-state index contributed by atoms with van der Waals surface area (Å²) < 4.78 is 35.8. The largest absolute Gasteiger partial charge is 0.465 e. The van der Waals surface area contributed by atoms with Gasteiger partial charge in [-0.2, -0.15) is 5.10 Å². The van der Waals surface area contributed by atoms with Crippen molar-refractivity contribution in [2.75, 3.05) is 26.3 Å². The van der Waals surface area contributed by atoms with Gasteiger partial charge in [0.1, 0.15) is 17.7 Å². The lowest BCUT2D eigenvalue weighted by atomic mass is 9.92. The Labute approximate surface area is 183 Å². The van der Waals surface area contributed by atoms with Crippen LogP contribution >= 0.6 is 0 Å². The molecule has 5 atom stereocenters. The number of hydrogen-bond donors (Lipinski definition) is 3. The maximum atomic E-state index is 14.4. The Hall–Kier alpha value is -2.56. The van der Waals surface area contributed by atoms with Crippen LogP contribution in [-0.2, 0) is 17.7 Å². The zero-order valence-electron chi connectivity index (χ0n) is 17.5. The lowest BCUT2D eigenvalue weighted by Gasteiger charge is -2.40. The van der Waals surface area contributed by atoms with Crippen LogP contribution in [0.15, 0.2) is 24.4 Å². The fraction of sp³-hybridized carbons (Fsp3) is 0.545. The van der Waals surface area contributed by atoms with Crippen molar-refractivity contribution in [3.63, 3.8) is 0 Å². The molecule has 1 amide bonds. The number of amides is 1. The molecule has 5 rings (SSSR count). The van der Waals surface area contributed by atoms with Crippen LogP contribution in [-0.4, -0.2) is 69.4 Å². The van der Waals surface area contributed by atoms with Gasteiger partial charge in [-0.15, -0.1) is 0 Å². The number of nitrogens with zero attached hydrogens (tertiary/aromatic N) is 3. The van der Waals surface area contributed by atoms with E-state index in [2.05, 4.69) is 15.3 Å². The highest BCUT2D eigenvalue weighted by Gasteiger charge is 2.46. The second kappa shape index (κ2) is 8.42. The van der Waals surface area contributed by atoms with Crippen LogP contribution in [0.5, 0.6) is 0 Å². The number of rotatable bonds is 5. The number of hydrogen-bond acceptors (Lipinski definition) is 5. The summed E-state index contributed by atoms with van der Waals surface area (Å²) in [6, 6.07) is 2.42. The number of nitrogens with one attached hydrogen (secondary N) is 1. The first kappa shape index (κ1) is 21.3. The topological polar surface area (TPSA) is 99.9 Å². The van der Waals surface area contributed by atoms with Crippen molar-refractivity contribution in [1.29, 1.82) is 0 Å². The summed E-state index contributed by atoms with van der Waals surface area (Å²) in [7, 11) is 0. The molecule has 2 aliphatic heterocycles. The molecule has 0 saturated carbocycles. The first-order valence-electron chi connectivity index (χ1n) is 10.9. The summed E-state index contributed by atoms with van der Waals surface area (Å²) >= 11 is 0. The third kappa shape index (κ3) is 3.87. The summed E-state index contributed by atoms with van der Waals surface area (Å²) in [5.74, 6) is -0.413. The number of aromatic nitrogens is 2. The van der Waals surface area contributed by atoms with Crippen molar-refractivity contribution in [2.45, 2.75) is 43.5 Å². The van der Waals surface area contributed by atoms with E-state index in [1.54, 1.807) is 4.68 Å². The maximum Gasteiger partial charge on any atom is 0.404 e. The van der Waals surface area contributed by atoms with Crippen molar-refractivity contribution in [2.24, 2.45) is 5.92 Å². The van der Waals surface area contributed by atoms with Crippen molar-refractivity contribution >= 4 is 6.09 Å². The first-order valence-corrected chi connectivity index (χ1v) is 10.9. The number of carbonyl (C=O) groups is 1. The Kier molecular flexibility index (Phi) is 5.60. The van der Waals surface area contributed by atoms with E-state index in [9.17, 15) is 18.7 Å². The minimum Gasteiger partial charge on any atom is -0.465 e. The van der Waals surface area contributed by atoms with Crippen molar-refractivity contribution < 1.29 is 28.5 Å². The Morgan fingerprint density at radius 1 is 1.28 bits per heavy atom. The van der Waals surface area contributed by atoms with Gasteiger partial charge in [-0.05, 0) is 42.5 Å². The van der Waals surface area contributed by atoms with E-state index < -0.39 is 29.9 Å². The summed E-state index contributed by atoms with van der Waals surface area (Å²) in [4.78, 5) is 13.7. The van der Waals surface area contributed by atoms with E-state index in [1.165, 1.54) is 5.56 Å². The van der Waals surface area contributed by atoms with Gasteiger partial charge in [0.05, 0.1) is 31.5 Å². The predicted molar refractivity (Wildman–Crippen MR) is 109 cm³/mol. The van der Waals surface area contributed by atoms with Crippen LogP contribution < -0.4 is 5.32 Å². The van der Waals surface area contributed by atoms with Crippen molar-refractivity contribution in [3.8, 4) is 0 Å². The molecule has 1 aliphatic carbocycles. The van der Waals surface area contributed by atoms with Crippen LogP contribution in [0.3, 0.4) is 0 Å². The average molecular weight is 448 g/mol. The van der Waals surface area contributed by atoms with E-state index in [-0.39, 0.29) is 18.2 Å². The van der Waals surface area contributed by atoms with Gasteiger partial charge in [0.25, 0.3) is 0 Å². The number of benzene rings is 1. The van der Waals surface area contributed by atoms with E-state index >= 15 is 0 Å². The SMILES string of the molecule is O=C(O)N[C@H]1C[C@@H](N2CC3Cc4nn(CCO)cc4C3C2)CO[C@@H]1c1cc(F)ccc1F. The Bertz CT molecular complexity index is 1020.